The Labute approximate surface area is 93.8 Å². The van der Waals surface area contributed by atoms with E-state index in [4.69, 9.17) is 5.73 Å². The fourth-order valence-corrected chi connectivity index (χ4v) is 5.09. The van der Waals surface area contributed by atoms with Gasteiger partial charge in [-0.15, -0.1) is 0 Å². The molecule has 0 aromatic heterocycles. The van der Waals surface area contributed by atoms with E-state index in [1.54, 1.807) is 0 Å². The van der Waals surface area contributed by atoms with Gasteiger partial charge in [-0.1, -0.05) is 26.2 Å². The number of hydrogen-bond acceptors (Lipinski definition) is 1. The summed E-state index contributed by atoms with van der Waals surface area (Å²) < 4.78 is 0. The van der Waals surface area contributed by atoms with Crippen molar-refractivity contribution >= 4 is 0 Å². The molecule has 2 N–H and O–H groups in total. The van der Waals surface area contributed by atoms with Crippen molar-refractivity contribution in [1.82, 2.24) is 0 Å². The second-order valence-corrected chi connectivity index (χ2v) is 6.40. The van der Waals surface area contributed by atoms with Gasteiger partial charge in [0.25, 0.3) is 0 Å². The van der Waals surface area contributed by atoms with Gasteiger partial charge in [-0.3, -0.25) is 0 Å². The molecule has 15 heavy (non-hydrogen) atoms. The van der Waals surface area contributed by atoms with E-state index in [9.17, 15) is 0 Å². The number of nitrogens with two attached hydrogens (primary N) is 1. The maximum atomic E-state index is 6.55. The molecule has 1 nitrogen and oxygen atoms in total. The SMILES string of the molecule is CC[C@H]1CCC[C@@]2(C1)[C@H]1CC[C@H](C1)[C@H]2N. The van der Waals surface area contributed by atoms with Crippen LogP contribution in [-0.2, 0) is 0 Å². The molecular weight excluding hydrogens is 182 g/mol. The predicted molar refractivity (Wildman–Crippen MR) is 63.5 cm³/mol. The van der Waals surface area contributed by atoms with Crippen LogP contribution in [0.1, 0.15) is 58.3 Å². The molecule has 0 unspecified atom stereocenters. The first-order valence-corrected chi connectivity index (χ1v) is 7.02. The summed E-state index contributed by atoms with van der Waals surface area (Å²) in [5.74, 6) is 2.89. The zero-order valence-electron chi connectivity index (χ0n) is 10.0. The lowest BCUT2D eigenvalue weighted by atomic mass is 9.59. The van der Waals surface area contributed by atoms with Crippen molar-refractivity contribution < 1.29 is 0 Å². The molecule has 1 spiro atoms. The molecule has 0 aliphatic heterocycles. The van der Waals surface area contributed by atoms with E-state index in [0.717, 1.165) is 17.8 Å². The number of hydrogen-bond donors (Lipinski definition) is 1. The van der Waals surface area contributed by atoms with Crippen LogP contribution >= 0.6 is 0 Å². The van der Waals surface area contributed by atoms with E-state index >= 15 is 0 Å². The predicted octanol–water partition coefficient (Wildman–Crippen LogP) is 3.33. The summed E-state index contributed by atoms with van der Waals surface area (Å²) in [7, 11) is 0. The van der Waals surface area contributed by atoms with Gasteiger partial charge in [-0.2, -0.15) is 0 Å². The van der Waals surface area contributed by atoms with Crippen LogP contribution in [0.5, 0.6) is 0 Å². The van der Waals surface area contributed by atoms with Gasteiger partial charge in [0.15, 0.2) is 0 Å². The second kappa shape index (κ2) is 3.48. The molecule has 0 amide bonds. The van der Waals surface area contributed by atoms with Gasteiger partial charge >= 0.3 is 0 Å². The Morgan fingerprint density at radius 2 is 2.13 bits per heavy atom. The monoisotopic (exact) mass is 207 g/mol. The molecule has 3 saturated carbocycles. The number of fused-ring (bicyclic) bond motifs is 3. The van der Waals surface area contributed by atoms with Crippen molar-refractivity contribution in [3.8, 4) is 0 Å². The van der Waals surface area contributed by atoms with Crippen LogP contribution in [0.2, 0.25) is 0 Å². The molecule has 0 saturated heterocycles. The first-order chi connectivity index (χ1) is 7.26. The minimum Gasteiger partial charge on any atom is -0.327 e. The molecule has 0 heterocycles. The van der Waals surface area contributed by atoms with E-state index in [-0.39, 0.29) is 0 Å². The van der Waals surface area contributed by atoms with Crippen LogP contribution in [0.4, 0.5) is 0 Å². The summed E-state index contributed by atoms with van der Waals surface area (Å²) in [6, 6.07) is 0.561. The second-order valence-electron chi connectivity index (χ2n) is 6.40. The average Bonchev–Trinajstić information content (AvgIpc) is 2.84. The van der Waals surface area contributed by atoms with Crippen LogP contribution in [-0.4, -0.2) is 6.04 Å². The maximum Gasteiger partial charge on any atom is 0.0127 e. The Bertz CT molecular complexity index is 246. The summed E-state index contributed by atoms with van der Waals surface area (Å²) in [6.45, 7) is 2.36. The van der Waals surface area contributed by atoms with Crippen LogP contribution in [0, 0.1) is 23.2 Å². The fourth-order valence-electron chi connectivity index (χ4n) is 5.09. The van der Waals surface area contributed by atoms with Crippen molar-refractivity contribution in [3.63, 3.8) is 0 Å². The highest BCUT2D eigenvalue weighted by Crippen LogP contribution is 2.61. The van der Waals surface area contributed by atoms with Gasteiger partial charge in [0.2, 0.25) is 0 Å². The summed E-state index contributed by atoms with van der Waals surface area (Å²) in [4.78, 5) is 0. The molecule has 0 radical (unpaired) electrons. The molecular formula is C14H25N. The fraction of sp³-hybridized carbons (Fsp3) is 1.00. The molecule has 0 aromatic rings. The van der Waals surface area contributed by atoms with E-state index in [0.29, 0.717) is 11.5 Å². The van der Waals surface area contributed by atoms with Gasteiger partial charge in [0.05, 0.1) is 0 Å². The molecule has 86 valence electrons. The average molecular weight is 207 g/mol. The van der Waals surface area contributed by atoms with Crippen LogP contribution in [0.15, 0.2) is 0 Å². The lowest BCUT2D eigenvalue weighted by Gasteiger charge is -2.47. The van der Waals surface area contributed by atoms with Gasteiger partial charge in [0.1, 0.15) is 0 Å². The van der Waals surface area contributed by atoms with E-state index in [1.165, 1.54) is 51.4 Å². The van der Waals surface area contributed by atoms with E-state index in [1.807, 2.05) is 0 Å². The molecule has 2 bridgehead atoms. The van der Waals surface area contributed by atoms with Gasteiger partial charge < -0.3 is 5.73 Å². The summed E-state index contributed by atoms with van der Waals surface area (Å²) in [5.41, 5.74) is 7.15. The Morgan fingerprint density at radius 3 is 2.80 bits per heavy atom. The third kappa shape index (κ3) is 1.32. The largest absolute Gasteiger partial charge is 0.327 e. The molecule has 0 aromatic carbocycles. The standard InChI is InChI=1S/C14H25N/c1-2-10-4-3-7-14(9-10)12-6-5-11(8-12)13(14)15/h10-13H,2-9,15H2,1H3/t10-,11+,12-,13+,14+/m0/s1. The Balaban J connectivity index is 1.83. The van der Waals surface area contributed by atoms with Gasteiger partial charge in [-0.25, -0.2) is 0 Å². The Kier molecular flexibility index (Phi) is 2.35. The highest BCUT2D eigenvalue weighted by atomic mass is 14.8. The zero-order valence-corrected chi connectivity index (χ0v) is 10.0. The zero-order chi connectivity index (χ0) is 10.5. The van der Waals surface area contributed by atoms with Crippen LogP contribution in [0.3, 0.4) is 0 Å². The minimum atomic E-state index is 0.561. The topological polar surface area (TPSA) is 26.0 Å². The lowest BCUT2D eigenvalue weighted by Crippen LogP contribution is -2.48. The van der Waals surface area contributed by atoms with Gasteiger partial charge in [0, 0.05) is 6.04 Å². The third-order valence-corrected chi connectivity index (χ3v) is 5.96. The van der Waals surface area contributed by atoms with Crippen molar-refractivity contribution in [2.45, 2.75) is 64.3 Å². The molecule has 1 heteroatoms. The van der Waals surface area contributed by atoms with Crippen molar-refractivity contribution in [2.75, 3.05) is 0 Å². The molecule has 3 rings (SSSR count). The van der Waals surface area contributed by atoms with Gasteiger partial charge in [-0.05, 0) is 55.3 Å². The van der Waals surface area contributed by atoms with Crippen LogP contribution < -0.4 is 5.73 Å². The van der Waals surface area contributed by atoms with E-state index in [2.05, 4.69) is 6.92 Å². The van der Waals surface area contributed by atoms with Crippen molar-refractivity contribution in [1.29, 1.82) is 0 Å². The minimum absolute atomic E-state index is 0.561. The third-order valence-electron chi connectivity index (χ3n) is 5.96. The summed E-state index contributed by atoms with van der Waals surface area (Å²) >= 11 is 0. The van der Waals surface area contributed by atoms with Crippen molar-refractivity contribution in [3.05, 3.63) is 0 Å². The first kappa shape index (κ1) is 10.1. The Morgan fingerprint density at radius 1 is 1.27 bits per heavy atom. The molecule has 3 fully saturated rings. The van der Waals surface area contributed by atoms with Crippen LogP contribution in [0.25, 0.3) is 0 Å². The van der Waals surface area contributed by atoms with E-state index < -0.39 is 0 Å². The molecule has 3 aliphatic rings. The first-order valence-electron chi connectivity index (χ1n) is 7.02. The maximum absolute atomic E-state index is 6.55. The molecule has 3 aliphatic carbocycles. The summed E-state index contributed by atoms with van der Waals surface area (Å²) in [5, 5.41) is 0. The highest BCUT2D eigenvalue weighted by Gasteiger charge is 2.57. The smallest absolute Gasteiger partial charge is 0.0127 e. The number of rotatable bonds is 1. The quantitative estimate of drug-likeness (QED) is 0.701. The normalized spacial score (nSPS) is 54.0. The van der Waals surface area contributed by atoms with Crippen molar-refractivity contribution in [2.24, 2.45) is 28.9 Å². The summed E-state index contributed by atoms with van der Waals surface area (Å²) in [6.07, 6.45) is 11.6. The molecule has 5 atom stereocenters. The Hall–Kier alpha value is -0.0400. The lowest BCUT2D eigenvalue weighted by molar-refractivity contribution is 0.0471. The highest BCUT2D eigenvalue weighted by molar-refractivity contribution is 5.09.